The minimum absolute atomic E-state index is 0. The molecule has 1 amide bonds. The number of aromatic amines is 1. The number of benzene rings is 2. The zero-order valence-electron chi connectivity index (χ0n) is 24.3. The van der Waals surface area contributed by atoms with Gasteiger partial charge in [-0.15, -0.1) is 12.4 Å². The summed E-state index contributed by atoms with van der Waals surface area (Å²) in [6.07, 6.45) is 4.30. The molecule has 2 aliphatic heterocycles. The minimum atomic E-state index is -0.157. The second-order valence-electron chi connectivity index (χ2n) is 11.5. The molecule has 10 heteroatoms. The van der Waals surface area contributed by atoms with Gasteiger partial charge >= 0.3 is 0 Å². The molecule has 4 heterocycles. The van der Waals surface area contributed by atoms with E-state index in [1.54, 1.807) is 13.4 Å². The Labute approximate surface area is 252 Å². The zero-order chi connectivity index (χ0) is 28.3. The summed E-state index contributed by atoms with van der Waals surface area (Å²) in [5, 5.41) is 15.0. The van der Waals surface area contributed by atoms with Crippen molar-refractivity contribution in [2.45, 2.75) is 44.9 Å². The lowest BCUT2D eigenvalue weighted by molar-refractivity contribution is 0.0301. The van der Waals surface area contributed by atoms with Crippen molar-refractivity contribution in [2.24, 2.45) is 5.92 Å². The van der Waals surface area contributed by atoms with Crippen molar-refractivity contribution >= 4 is 40.2 Å². The van der Waals surface area contributed by atoms with E-state index >= 15 is 0 Å². The monoisotopic (exact) mass is 596 g/mol. The summed E-state index contributed by atoms with van der Waals surface area (Å²) in [4.78, 5) is 21.4. The number of fused-ring (bicyclic) bond motifs is 2. The number of aliphatic hydroxyl groups is 1. The van der Waals surface area contributed by atoms with E-state index in [0.29, 0.717) is 35.3 Å². The first kappa shape index (κ1) is 30.2. The number of H-pyrrole nitrogens is 1. The maximum atomic E-state index is 13.2. The highest BCUT2D eigenvalue weighted by molar-refractivity contribution is 5.99. The fourth-order valence-electron chi connectivity index (χ4n) is 6.16. The predicted octanol–water partition coefficient (Wildman–Crippen LogP) is 4.82. The number of nitrogens with zero attached hydrogens (tertiary/aromatic N) is 2. The van der Waals surface area contributed by atoms with Crippen LogP contribution < -0.4 is 14.8 Å². The van der Waals surface area contributed by atoms with Crippen molar-refractivity contribution < 1.29 is 23.8 Å². The number of halogens is 1. The van der Waals surface area contributed by atoms with Crippen molar-refractivity contribution in [3.05, 3.63) is 60.0 Å². The Morgan fingerprint density at radius 1 is 1.05 bits per heavy atom. The molecule has 0 saturated carbocycles. The van der Waals surface area contributed by atoms with Crippen LogP contribution in [0.15, 0.2) is 53.1 Å². The number of piperidine rings is 2. The molecule has 2 aliphatic rings. The Balaban J connectivity index is 0.00000353. The number of aromatic nitrogens is 1. The average Bonchev–Trinajstić information content (AvgIpc) is 3.62. The molecule has 4 aromatic rings. The lowest BCUT2D eigenvalue weighted by Crippen LogP contribution is -2.48. The molecule has 2 aromatic heterocycles. The predicted molar refractivity (Wildman–Crippen MR) is 166 cm³/mol. The number of hydrogen-bond donors (Lipinski definition) is 3. The summed E-state index contributed by atoms with van der Waals surface area (Å²) in [7, 11) is 1.63. The maximum absolute atomic E-state index is 13.2. The molecule has 2 fully saturated rings. The molecule has 3 N–H and O–H groups in total. The van der Waals surface area contributed by atoms with E-state index in [2.05, 4.69) is 27.0 Å². The summed E-state index contributed by atoms with van der Waals surface area (Å²) >= 11 is 0. The first-order valence-corrected chi connectivity index (χ1v) is 14.7. The molecular weight excluding hydrogens is 556 g/mol. The lowest BCUT2D eigenvalue weighted by Gasteiger charge is -2.37. The van der Waals surface area contributed by atoms with Gasteiger partial charge in [0.1, 0.15) is 18.1 Å². The summed E-state index contributed by atoms with van der Waals surface area (Å²) in [6, 6.07) is 13.6. The van der Waals surface area contributed by atoms with Gasteiger partial charge in [0.25, 0.3) is 5.91 Å². The van der Waals surface area contributed by atoms with Gasteiger partial charge in [-0.2, -0.15) is 0 Å². The third-order valence-corrected chi connectivity index (χ3v) is 8.72. The third kappa shape index (κ3) is 6.54. The van der Waals surface area contributed by atoms with Crippen LogP contribution in [-0.2, 0) is 6.61 Å². The van der Waals surface area contributed by atoms with E-state index in [-0.39, 0.29) is 30.5 Å². The number of carbonyl (C=O) groups excluding carboxylic acids is 1. The molecule has 0 unspecified atom stereocenters. The number of carbonyl (C=O) groups is 1. The number of para-hydroxylation sites is 1. The molecule has 42 heavy (non-hydrogen) atoms. The Bertz CT molecular complexity index is 1490. The van der Waals surface area contributed by atoms with Gasteiger partial charge in [0.2, 0.25) is 0 Å². The van der Waals surface area contributed by atoms with Crippen molar-refractivity contribution in [1.82, 2.24) is 20.1 Å². The summed E-state index contributed by atoms with van der Waals surface area (Å²) in [5.41, 5.74) is 3.04. The van der Waals surface area contributed by atoms with Crippen LogP contribution in [0.5, 0.6) is 11.5 Å². The number of ether oxygens (including phenoxy) is 2. The molecule has 2 saturated heterocycles. The van der Waals surface area contributed by atoms with Crippen LogP contribution >= 0.6 is 12.4 Å². The van der Waals surface area contributed by atoms with Gasteiger partial charge in [0, 0.05) is 67.2 Å². The van der Waals surface area contributed by atoms with Gasteiger partial charge in [0.15, 0.2) is 11.3 Å². The molecule has 2 atom stereocenters. The molecule has 0 bridgehead atoms. The third-order valence-electron chi connectivity index (χ3n) is 8.72. The minimum Gasteiger partial charge on any atom is -0.493 e. The van der Waals surface area contributed by atoms with E-state index in [1.165, 1.54) is 0 Å². The average molecular weight is 597 g/mol. The van der Waals surface area contributed by atoms with E-state index in [4.69, 9.17) is 13.9 Å². The Morgan fingerprint density at radius 3 is 2.57 bits per heavy atom. The first-order valence-electron chi connectivity index (χ1n) is 14.7. The van der Waals surface area contributed by atoms with Crippen LogP contribution in [0.1, 0.15) is 42.2 Å². The molecule has 9 nitrogen and oxygen atoms in total. The van der Waals surface area contributed by atoms with Gasteiger partial charge < -0.3 is 39.1 Å². The van der Waals surface area contributed by atoms with Crippen molar-refractivity contribution in [3.8, 4) is 11.5 Å². The van der Waals surface area contributed by atoms with E-state index in [0.717, 1.165) is 80.4 Å². The smallest absolute Gasteiger partial charge is 0.267 e. The van der Waals surface area contributed by atoms with Crippen LogP contribution in [0.2, 0.25) is 0 Å². The van der Waals surface area contributed by atoms with Crippen LogP contribution in [-0.4, -0.2) is 84.3 Å². The Kier molecular flexibility index (Phi) is 9.63. The fourth-order valence-corrected chi connectivity index (χ4v) is 6.16. The van der Waals surface area contributed by atoms with Gasteiger partial charge in [0.05, 0.1) is 19.5 Å². The van der Waals surface area contributed by atoms with Crippen LogP contribution in [0, 0.1) is 5.92 Å². The number of furan rings is 1. The molecule has 226 valence electrons. The van der Waals surface area contributed by atoms with Crippen LogP contribution in [0.25, 0.3) is 21.9 Å². The number of aliphatic hydroxyl groups excluding tert-OH is 1. The van der Waals surface area contributed by atoms with E-state index in [9.17, 15) is 9.90 Å². The number of likely N-dealkylation sites (tertiary alicyclic amines) is 2. The van der Waals surface area contributed by atoms with E-state index in [1.807, 2.05) is 42.5 Å². The van der Waals surface area contributed by atoms with Crippen molar-refractivity contribution in [3.63, 3.8) is 0 Å². The topological polar surface area (TPSA) is 103 Å². The molecular formula is C32H41ClN4O5. The Morgan fingerprint density at radius 2 is 1.79 bits per heavy atom. The quantitative estimate of drug-likeness (QED) is 0.254. The second kappa shape index (κ2) is 13.4. The number of nitrogens with one attached hydrogen (secondary N) is 2. The first-order chi connectivity index (χ1) is 20.0. The van der Waals surface area contributed by atoms with Gasteiger partial charge in [-0.3, -0.25) is 4.79 Å². The standard InChI is InChI=1S/C32H40N4O5.ClH/c1-21-18-36(14-11-28(21)37)16-15-35-12-9-23(10-13-35)33-32(38)27-17-25-26(34-27)6-4-7-29(25)40-19-22-20-41-31-24(22)5-3-8-30(31)39-2;/h3-8,17,20-21,23,28,34,37H,9-16,18-19H2,1-2H3,(H,33,38);1H/t21-,28-;/m0./s1. The second-order valence-corrected chi connectivity index (χ2v) is 11.5. The lowest BCUT2D eigenvalue weighted by atomic mass is 9.97. The number of hydrogen-bond acceptors (Lipinski definition) is 7. The van der Waals surface area contributed by atoms with Crippen molar-refractivity contribution in [1.29, 1.82) is 0 Å². The van der Waals surface area contributed by atoms with Crippen LogP contribution in [0.3, 0.4) is 0 Å². The van der Waals surface area contributed by atoms with Crippen molar-refractivity contribution in [2.75, 3.05) is 46.4 Å². The normalized spacial score (nSPS) is 20.5. The highest BCUT2D eigenvalue weighted by Crippen LogP contribution is 2.32. The zero-order valence-corrected chi connectivity index (χ0v) is 25.1. The maximum Gasteiger partial charge on any atom is 0.267 e. The molecule has 0 aliphatic carbocycles. The Hall–Kier alpha value is -3.24. The summed E-state index contributed by atoms with van der Waals surface area (Å²) < 4.78 is 17.3. The number of methoxy groups -OCH3 is 1. The summed E-state index contributed by atoms with van der Waals surface area (Å²) in [6.45, 7) is 8.46. The molecule has 2 aromatic carbocycles. The van der Waals surface area contributed by atoms with Gasteiger partial charge in [-0.05, 0) is 49.4 Å². The summed E-state index contributed by atoms with van der Waals surface area (Å²) in [5.74, 6) is 1.66. The number of rotatable bonds is 9. The SMILES string of the molecule is COc1cccc2c(COc3cccc4[nH]c(C(=O)NC5CCN(CCN6CC[C@H](O)[C@@H](C)C6)CC5)cc34)coc12.Cl. The van der Waals surface area contributed by atoms with Gasteiger partial charge in [-0.25, -0.2) is 0 Å². The molecule has 0 spiro atoms. The number of amides is 1. The highest BCUT2D eigenvalue weighted by Gasteiger charge is 2.26. The highest BCUT2D eigenvalue weighted by atomic mass is 35.5. The largest absolute Gasteiger partial charge is 0.493 e. The van der Waals surface area contributed by atoms with E-state index < -0.39 is 0 Å². The van der Waals surface area contributed by atoms with Gasteiger partial charge in [-0.1, -0.05) is 25.1 Å². The molecule has 6 rings (SSSR count). The fraction of sp³-hybridized carbons (Fsp3) is 0.469. The van der Waals surface area contributed by atoms with Crippen LogP contribution in [0.4, 0.5) is 0 Å². The molecule has 0 radical (unpaired) electrons.